The predicted molar refractivity (Wildman–Crippen MR) is 114 cm³/mol. The number of ether oxygens (including phenoxy) is 1. The molecule has 2 aliphatic rings. The van der Waals surface area contributed by atoms with E-state index in [0.29, 0.717) is 12.0 Å². The second-order valence-corrected chi connectivity index (χ2v) is 8.68. The molecular formula is C23H37N3O2. The Morgan fingerprint density at radius 2 is 1.93 bits per heavy atom. The van der Waals surface area contributed by atoms with E-state index in [1.807, 2.05) is 0 Å². The van der Waals surface area contributed by atoms with Gasteiger partial charge in [0.1, 0.15) is 5.75 Å². The van der Waals surface area contributed by atoms with Crippen LogP contribution in [-0.2, 0) is 11.3 Å². The van der Waals surface area contributed by atoms with Gasteiger partial charge in [-0.3, -0.25) is 14.6 Å². The molecule has 1 aromatic carbocycles. The normalized spacial score (nSPS) is 25.3. The zero-order valence-electron chi connectivity index (χ0n) is 18.0. The van der Waals surface area contributed by atoms with Crippen LogP contribution in [0.3, 0.4) is 0 Å². The molecule has 3 rings (SSSR count). The second kappa shape index (κ2) is 9.75. The van der Waals surface area contributed by atoms with Gasteiger partial charge in [0.2, 0.25) is 5.91 Å². The third kappa shape index (κ3) is 5.26. The van der Waals surface area contributed by atoms with Crippen LogP contribution in [0, 0.1) is 12.8 Å². The molecule has 1 aliphatic carbocycles. The lowest BCUT2D eigenvalue weighted by atomic mass is 9.86. The Morgan fingerprint density at radius 3 is 2.61 bits per heavy atom. The molecular weight excluding hydrogens is 350 g/mol. The minimum atomic E-state index is -0.0511. The van der Waals surface area contributed by atoms with Gasteiger partial charge in [-0.1, -0.05) is 37.5 Å². The molecule has 0 radical (unpaired) electrons. The summed E-state index contributed by atoms with van der Waals surface area (Å²) in [4.78, 5) is 17.6. The number of amides is 1. The molecule has 1 aromatic rings. The van der Waals surface area contributed by atoms with Crippen molar-refractivity contribution in [3.05, 3.63) is 29.3 Å². The monoisotopic (exact) mass is 387 g/mol. The molecule has 0 bridgehead atoms. The van der Waals surface area contributed by atoms with Gasteiger partial charge in [0.05, 0.1) is 13.2 Å². The van der Waals surface area contributed by atoms with E-state index in [1.54, 1.807) is 7.11 Å². The van der Waals surface area contributed by atoms with Gasteiger partial charge in [-0.25, -0.2) is 0 Å². The topological polar surface area (TPSA) is 44.8 Å². The lowest BCUT2D eigenvalue weighted by Crippen LogP contribution is -2.55. The number of aryl methyl sites for hydroxylation is 1. The summed E-state index contributed by atoms with van der Waals surface area (Å²) < 4.78 is 5.52. The van der Waals surface area contributed by atoms with Crippen LogP contribution >= 0.6 is 0 Å². The van der Waals surface area contributed by atoms with E-state index in [4.69, 9.17) is 4.74 Å². The van der Waals surface area contributed by atoms with Crippen molar-refractivity contribution in [1.82, 2.24) is 15.1 Å². The number of hydrogen-bond acceptors (Lipinski definition) is 4. The first-order valence-electron chi connectivity index (χ1n) is 10.9. The van der Waals surface area contributed by atoms with Gasteiger partial charge in [-0.05, 0) is 38.7 Å². The molecule has 1 heterocycles. The van der Waals surface area contributed by atoms with Gasteiger partial charge in [0.25, 0.3) is 0 Å². The maximum Gasteiger partial charge on any atom is 0.237 e. The van der Waals surface area contributed by atoms with E-state index in [9.17, 15) is 4.79 Å². The molecule has 3 atom stereocenters. The second-order valence-electron chi connectivity index (χ2n) is 8.68. The lowest BCUT2D eigenvalue weighted by molar-refractivity contribution is -0.127. The fraction of sp³-hybridized carbons (Fsp3) is 0.696. The minimum Gasteiger partial charge on any atom is -0.496 e. The van der Waals surface area contributed by atoms with E-state index in [0.717, 1.165) is 44.9 Å². The number of methoxy groups -OCH3 is 1. The summed E-state index contributed by atoms with van der Waals surface area (Å²) in [7, 11) is 1.74. The maximum absolute atomic E-state index is 12.8. The predicted octanol–water partition coefficient (Wildman–Crippen LogP) is 3.20. The lowest BCUT2D eigenvalue weighted by Gasteiger charge is -2.38. The summed E-state index contributed by atoms with van der Waals surface area (Å²) in [5.74, 6) is 1.76. The first kappa shape index (κ1) is 21.1. The number of nitrogens with one attached hydrogen (secondary N) is 1. The van der Waals surface area contributed by atoms with Crippen molar-refractivity contribution in [3.63, 3.8) is 0 Å². The highest BCUT2D eigenvalue weighted by molar-refractivity contribution is 5.81. The zero-order valence-corrected chi connectivity index (χ0v) is 18.0. The zero-order chi connectivity index (χ0) is 20.1. The van der Waals surface area contributed by atoms with Crippen molar-refractivity contribution in [2.45, 2.75) is 65.1 Å². The van der Waals surface area contributed by atoms with Gasteiger partial charge in [0.15, 0.2) is 0 Å². The van der Waals surface area contributed by atoms with Crippen LogP contribution in [-0.4, -0.2) is 61.1 Å². The van der Waals surface area contributed by atoms with E-state index < -0.39 is 0 Å². The van der Waals surface area contributed by atoms with Crippen LogP contribution in [0.15, 0.2) is 18.2 Å². The quantitative estimate of drug-likeness (QED) is 0.814. The van der Waals surface area contributed by atoms with Gasteiger partial charge >= 0.3 is 0 Å². The molecule has 156 valence electrons. The summed E-state index contributed by atoms with van der Waals surface area (Å²) in [6.07, 6.45) is 4.91. The molecule has 2 fully saturated rings. The first-order chi connectivity index (χ1) is 13.5. The maximum atomic E-state index is 12.8. The number of benzene rings is 1. The molecule has 1 saturated carbocycles. The van der Waals surface area contributed by atoms with Gasteiger partial charge in [0, 0.05) is 44.3 Å². The number of rotatable bonds is 6. The van der Waals surface area contributed by atoms with Crippen LogP contribution in [0.5, 0.6) is 5.75 Å². The highest BCUT2D eigenvalue weighted by atomic mass is 16.5. The highest BCUT2D eigenvalue weighted by Gasteiger charge is 2.29. The standard InChI is InChI=1S/C23H37N3O2/c1-17-9-10-22(28-4)20(15-17)16-25-11-13-26(14-12-25)19(3)23(27)24-21-8-6-5-7-18(21)2/h9-10,15,18-19,21H,5-8,11-14,16H2,1-4H3,(H,24,27)/t18-,19+,21-/m0/s1. The summed E-state index contributed by atoms with van der Waals surface area (Å²) in [6.45, 7) is 11.2. The van der Waals surface area contributed by atoms with Crippen molar-refractivity contribution in [2.75, 3.05) is 33.3 Å². The summed E-state index contributed by atoms with van der Waals surface area (Å²) in [5.41, 5.74) is 2.50. The molecule has 1 aliphatic heterocycles. The third-order valence-electron chi connectivity index (χ3n) is 6.60. The van der Waals surface area contributed by atoms with Crippen molar-refractivity contribution in [2.24, 2.45) is 5.92 Å². The fourth-order valence-corrected chi connectivity index (χ4v) is 4.58. The van der Waals surface area contributed by atoms with E-state index in [-0.39, 0.29) is 11.9 Å². The summed E-state index contributed by atoms with van der Waals surface area (Å²) >= 11 is 0. The Labute approximate surface area is 170 Å². The highest BCUT2D eigenvalue weighted by Crippen LogP contribution is 2.24. The SMILES string of the molecule is COc1ccc(C)cc1CN1CCN([C@H](C)C(=O)N[C@H]2CCCC[C@@H]2C)CC1. The van der Waals surface area contributed by atoms with Crippen molar-refractivity contribution in [1.29, 1.82) is 0 Å². The minimum absolute atomic E-state index is 0.0511. The molecule has 1 saturated heterocycles. The Bertz CT molecular complexity index is 655. The first-order valence-corrected chi connectivity index (χ1v) is 10.9. The Kier molecular flexibility index (Phi) is 7.36. The van der Waals surface area contributed by atoms with Gasteiger partial charge < -0.3 is 10.1 Å². The van der Waals surface area contributed by atoms with Crippen molar-refractivity contribution >= 4 is 5.91 Å². The van der Waals surface area contributed by atoms with E-state index in [2.05, 4.69) is 54.1 Å². The third-order valence-corrected chi connectivity index (χ3v) is 6.60. The number of nitrogens with zero attached hydrogens (tertiary/aromatic N) is 2. The van der Waals surface area contributed by atoms with Crippen LogP contribution < -0.4 is 10.1 Å². The fourth-order valence-electron chi connectivity index (χ4n) is 4.58. The van der Waals surface area contributed by atoms with Crippen LogP contribution in [0.25, 0.3) is 0 Å². The average Bonchev–Trinajstić information content (AvgIpc) is 2.70. The molecule has 1 N–H and O–H groups in total. The summed E-state index contributed by atoms with van der Waals surface area (Å²) in [6, 6.07) is 6.67. The van der Waals surface area contributed by atoms with Gasteiger partial charge in [-0.15, -0.1) is 0 Å². The average molecular weight is 388 g/mol. The van der Waals surface area contributed by atoms with E-state index >= 15 is 0 Å². The molecule has 0 unspecified atom stereocenters. The molecule has 5 nitrogen and oxygen atoms in total. The van der Waals surface area contributed by atoms with Crippen LogP contribution in [0.2, 0.25) is 0 Å². The largest absolute Gasteiger partial charge is 0.496 e. The Balaban J connectivity index is 1.49. The number of carbonyl (C=O) groups is 1. The number of carbonyl (C=O) groups excluding carboxylic acids is 1. The van der Waals surface area contributed by atoms with Crippen molar-refractivity contribution < 1.29 is 9.53 Å². The van der Waals surface area contributed by atoms with E-state index in [1.165, 1.54) is 30.4 Å². The molecule has 1 amide bonds. The molecule has 28 heavy (non-hydrogen) atoms. The summed E-state index contributed by atoms with van der Waals surface area (Å²) in [5, 5.41) is 3.33. The number of piperazine rings is 1. The number of hydrogen-bond donors (Lipinski definition) is 1. The Hall–Kier alpha value is -1.59. The van der Waals surface area contributed by atoms with Crippen molar-refractivity contribution in [3.8, 4) is 5.75 Å². The van der Waals surface area contributed by atoms with Gasteiger partial charge in [-0.2, -0.15) is 0 Å². The smallest absolute Gasteiger partial charge is 0.237 e. The molecule has 5 heteroatoms. The molecule has 0 aromatic heterocycles. The van der Waals surface area contributed by atoms with Crippen LogP contribution in [0.4, 0.5) is 0 Å². The Morgan fingerprint density at radius 1 is 1.21 bits per heavy atom. The molecule has 0 spiro atoms. The van der Waals surface area contributed by atoms with Crippen LogP contribution in [0.1, 0.15) is 50.7 Å².